The third-order valence-electron chi connectivity index (χ3n) is 1.35. The molecular weight excluding hydrogens is 222 g/mol. The minimum absolute atomic E-state index is 0.0928. The van der Waals surface area contributed by atoms with Crippen molar-refractivity contribution in [2.75, 3.05) is 11.5 Å². The van der Waals surface area contributed by atoms with Crippen LogP contribution in [0.25, 0.3) is 0 Å². The third kappa shape index (κ3) is 7.80. The SMILES string of the molecule is [2H]C([2H])([2H])C(=O)NC(CSCCC(=O)O)C(=O)O. The Morgan fingerprint density at radius 3 is 2.60 bits per heavy atom. The average Bonchev–Trinajstić information content (AvgIpc) is 2.19. The minimum Gasteiger partial charge on any atom is -0.481 e. The number of carboxylic acid groups (broad SMARTS) is 2. The van der Waals surface area contributed by atoms with Crippen LogP contribution in [-0.2, 0) is 14.4 Å². The van der Waals surface area contributed by atoms with Gasteiger partial charge in [0, 0.05) is 22.5 Å². The normalized spacial score (nSPS) is 15.6. The van der Waals surface area contributed by atoms with E-state index in [4.69, 9.17) is 14.3 Å². The third-order valence-corrected chi connectivity index (χ3v) is 2.41. The molecule has 0 heterocycles. The van der Waals surface area contributed by atoms with Crippen LogP contribution in [0, 0.1) is 0 Å². The molecule has 0 aromatic carbocycles. The number of rotatable bonds is 7. The molecule has 0 aliphatic rings. The molecular formula is C8H13NO5S. The second-order valence-corrected chi connectivity index (χ2v) is 3.73. The van der Waals surface area contributed by atoms with Gasteiger partial charge < -0.3 is 15.5 Å². The molecule has 7 heteroatoms. The molecule has 0 radical (unpaired) electrons. The standard InChI is InChI=1S/C8H13NO5S/c1-5(10)9-6(8(13)14)4-15-3-2-7(11)12/h6H,2-4H2,1H3,(H,9,10)(H,11,12)(H,13,14)/i1D3. The topological polar surface area (TPSA) is 104 Å². The van der Waals surface area contributed by atoms with E-state index in [-0.39, 0.29) is 17.9 Å². The lowest BCUT2D eigenvalue weighted by Crippen LogP contribution is -2.41. The lowest BCUT2D eigenvalue weighted by atomic mass is 10.3. The summed E-state index contributed by atoms with van der Waals surface area (Å²) in [5, 5.41) is 19.0. The van der Waals surface area contributed by atoms with E-state index in [1.165, 1.54) is 0 Å². The summed E-state index contributed by atoms with van der Waals surface area (Å²) in [6, 6.07) is -1.35. The Hall–Kier alpha value is -1.24. The maximum atomic E-state index is 11.1. The van der Waals surface area contributed by atoms with Crippen molar-refractivity contribution in [1.29, 1.82) is 0 Å². The lowest BCUT2D eigenvalue weighted by Gasteiger charge is -2.11. The van der Waals surface area contributed by atoms with E-state index in [2.05, 4.69) is 0 Å². The van der Waals surface area contributed by atoms with Gasteiger partial charge in [-0.3, -0.25) is 9.59 Å². The maximum absolute atomic E-state index is 11.1. The molecule has 1 unspecified atom stereocenters. The van der Waals surface area contributed by atoms with E-state index in [9.17, 15) is 14.4 Å². The Bertz CT molecular complexity index is 333. The second kappa shape index (κ2) is 7.10. The van der Waals surface area contributed by atoms with E-state index in [0.29, 0.717) is 0 Å². The van der Waals surface area contributed by atoms with Gasteiger partial charge in [0.15, 0.2) is 0 Å². The molecule has 0 saturated heterocycles. The number of thioether (sulfide) groups is 1. The molecule has 0 aromatic rings. The Labute approximate surface area is 95.3 Å². The lowest BCUT2D eigenvalue weighted by molar-refractivity contribution is -0.140. The Morgan fingerprint density at radius 1 is 1.47 bits per heavy atom. The van der Waals surface area contributed by atoms with E-state index in [0.717, 1.165) is 11.8 Å². The number of nitrogens with one attached hydrogen (secondary N) is 1. The molecule has 3 N–H and O–H groups in total. The first-order valence-electron chi connectivity index (χ1n) is 5.48. The molecule has 0 fully saturated rings. The van der Waals surface area contributed by atoms with Crippen molar-refractivity contribution in [2.45, 2.75) is 19.3 Å². The van der Waals surface area contributed by atoms with Crippen molar-refractivity contribution in [2.24, 2.45) is 0 Å². The number of carboxylic acids is 2. The van der Waals surface area contributed by atoms with Crippen LogP contribution in [0.1, 0.15) is 17.4 Å². The predicted molar refractivity (Wildman–Crippen MR) is 54.8 cm³/mol. The van der Waals surface area contributed by atoms with Gasteiger partial charge in [0.25, 0.3) is 0 Å². The van der Waals surface area contributed by atoms with Gasteiger partial charge >= 0.3 is 11.9 Å². The summed E-state index contributed by atoms with van der Waals surface area (Å²) >= 11 is 1.01. The minimum atomic E-state index is -2.90. The van der Waals surface area contributed by atoms with Crippen molar-refractivity contribution >= 4 is 29.6 Å². The highest BCUT2D eigenvalue weighted by Gasteiger charge is 2.17. The number of carbonyl (C=O) groups excluding carboxylic acids is 1. The van der Waals surface area contributed by atoms with E-state index >= 15 is 0 Å². The van der Waals surface area contributed by atoms with Gasteiger partial charge in [-0.1, -0.05) is 0 Å². The zero-order chi connectivity index (χ0) is 14.3. The summed E-state index contributed by atoms with van der Waals surface area (Å²) in [7, 11) is 0. The van der Waals surface area contributed by atoms with Gasteiger partial charge in [0.2, 0.25) is 5.91 Å². The quantitative estimate of drug-likeness (QED) is 0.530. The van der Waals surface area contributed by atoms with Crippen LogP contribution >= 0.6 is 11.8 Å². The largest absolute Gasteiger partial charge is 0.481 e. The number of hydrogen-bond acceptors (Lipinski definition) is 4. The second-order valence-electron chi connectivity index (χ2n) is 2.58. The molecule has 0 spiro atoms. The van der Waals surface area contributed by atoms with E-state index in [1.807, 2.05) is 5.32 Å². The Morgan fingerprint density at radius 2 is 2.13 bits per heavy atom. The van der Waals surface area contributed by atoms with Crippen molar-refractivity contribution < 1.29 is 28.7 Å². The Balaban J connectivity index is 4.21. The highest BCUT2D eigenvalue weighted by atomic mass is 32.2. The van der Waals surface area contributed by atoms with Crippen LogP contribution < -0.4 is 5.32 Å². The molecule has 15 heavy (non-hydrogen) atoms. The highest BCUT2D eigenvalue weighted by Crippen LogP contribution is 2.05. The van der Waals surface area contributed by atoms with Crippen molar-refractivity contribution in [3.63, 3.8) is 0 Å². The molecule has 1 amide bonds. The molecule has 0 bridgehead atoms. The maximum Gasteiger partial charge on any atom is 0.327 e. The zero-order valence-electron chi connectivity index (χ0n) is 10.7. The summed E-state index contributed by atoms with van der Waals surface area (Å²) in [5.41, 5.74) is 0. The highest BCUT2D eigenvalue weighted by molar-refractivity contribution is 7.99. The van der Waals surface area contributed by atoms with Gasteiger partial charge in [0.05, 0.1) is 6.42 Å². The van der Waals surface area contributed by atoms with Crippen LogP contribution in [-0.4, -0.2) is 45.6 Å². The summed E-state index contributed by atoms with van der Waals surface area (Å²) in [5.74, 6) is -3.63. The van der Waals surface area contributed by atoms with Gasteiger partial charge in [-0.2, -0.15) is 11.8 Å². The molecule has 0 aromatic heterocycles. The number of carbonyl (C=O) groups is 3. The zero-order valence-corrected chi connectivity index (χ0v) is 8.54. The number of amides is 1. The van der Waals surface area contributed by atoms with Gasteiger partial charge in [-0.25, -0.2) is 4.79 Å². The van der Waals surface area contributed by atoms with Gasteiger partial charge in [-0.05, 0) is 0 Å². The monoisotopic (exact) mass is 238 g/mol. The smallest absolute Gasteiger partial charge is 0.327 e. The summed E-state index contributed by atoms with van der Waals surface area (Å²) in [6.45, 7) is -2.90. The van der Waals surface area contributed by atoms with E-state index in [1.54, 1.807) is 0 Å². The fraction of sp³-hybridized carbons (Fsp3) is 0.625. The molecule has 1 atom stereocenters. The summed E-state index contributed by atoms with van der Waals surface area (Å²) in [4.78, 5) is 32.1. The summed E-state index contributed by atoms with van der Waals surface area (Å²) < 4.78 is 20.4. The summed E-state index contributed by atoms with van der Waals surface area (Å²) in [6.07, 6.45) is -0.135. The predicted octanol–water partition coefficient (Wildman–Crippen LogP) is -0.216. The van der Waals surface area contributed by atoms with Crippen molar-refractivity contribution in [1.82, 2.24) is 5.32 Å². The number of hydrogen-bond donors (Lipinski definition) is 3. The van der Waals surface area contributed by atoms with Crippen LogP contribution in [0.2, 0.25) is 0 Å². The molecule has 0 rings (SSSR count). The first-order chi connectivity index (χ1) is 8.14. The van der Waals surface area contributed by atoms with E-state index < -0.39 is 30.7 Å². The van der Waals surface area contributed by atoms with Gasteiger partial charge in [-0.15, -0.1) is 0 Å². The first-order valence-corrected chi connectivity index (χ1v) is 5.13. The van der Waals surface area contributed by atoms with Gasteiger partial charge in [0.1, 0.15) is 6.04 Å². The van der Waals surface area contributed by atoms with Crippen LogP contribution in [0.3, 0.4) is 0 Å². The molecule has 6 nitrogen and oxygen atoms in total. The first kappa shape index (κ1) is 9.02. The number of aliphatic carboxylic acids is 2. The molecule has 0 saturated carbocycles. The molecule has 0 aliphatic carbocycles. The fourth-order valence-corrected chi connectivity index (χ4v) is 1.64. The van der Waals surface area contributed by atoms with Crippen molar-refractivity contribution in [3.8, 4) is 0 Å². The van der Waals surface area contributed by atoms with Crippen LogP contribution in [0.5, 0.6) is 0 Å². The fourth-order valence-electron chi connectivity index (χ4n) is 0.694. The average molecular weight is 238 g/mol. The molecule has 86 valence electrons. The molecule has 0 aliphatic heterocycles. The Kier molecular flexibility index (Phi) is 4.27. The van der Waals surface area contributed by atoms with Crippen LogP contribution in [0.15, 0.2) is 0 Å². The van der Waals surface area contributed by atoms with Crippen LogP contribution in [0.4, 0.5) is 0 Å². The van der Waals surface area contributed by atoms with Crippen molar-refractivity contribution in [3.05, 3.63) is 0 Å².